The summed E-state index contributed by atoms with van der Waals surface area (Å²) in [6.45, 7) is -1.76. The Labute approximate surface area is 207 Å². The van der Waals surface area contributed by atoms with Gasteiger partial charge in [0.15, 0.2) is 0 Å². The van der Waals surface area contributed by atoms with Gasteiger partial charge < -0.3 is 20.4 Å². The van der Waals surface area contributed by atoms with Gasteiger partial charge >= 0.3 is 154 Å². The fraction of sp³-hybridized carbons (Fsp3) is 1.00. The summed E-state index contributed by atoms with van der Waals surface area (Å²) in [5, 5.41) is 39.3. The van der Waals surface area contributed by atoms with Gasteiger partial charge in [-0.15, -0.1) is 19.8 Å². The van der Waals surface area contributed by atoms with E-state index in [2.05, 4.69) is 0 Å². The van der Waals surface area contributed by atoms with E-state index in [9.17, 15) is 15.3 Å². The van der Waals surface area contributed by atoms with Crippen LogP contribution in [0.2, 0.25) is 0 Å². The number of aliphatic hydroxyl groups is 1. The van der Waals surface area contributed by atoms with Crippen molar-refractivity contribution in [3.63, 3.8) is 0 Å². The first kappa shape index (κ1) is 26.3. The van der Waals surface area contributed by atoms with E-state index < -0.39 is 25.4 Å². The van der Waals surface area contributed by atoms with Crippen LogP contribution >= 0.6 is 0 Å². The zero-order chi connectivity index (χ0) is 8.04. The summed E-state index contributed by atoms with van der Waals surface area (Å²) in [6, 6.07) is 0. The summed E-state index contributed by atoms with van der Waals surface area (Å²) in [7, 11) is 0. The number of hydrogen-bond donors (Lipinski definition) is 1. The second-order valence-corrected chi connectivity index (χ2v) is 2.28. The molecule has 4 nitrogen and oxygen atoms in total. The van der Waals surface area contributed by atoms with Crippen LogP contribution in [0.3, 0.4) is 0 Å². The average Bonchev–Trinajstić information content (AvgIpc) is 1.89. The largest absolute Gasteiger partial charge is 1.00 e. The fourth-order valence-electron chi connectivity index (χ4n) is 0.649. The number of hydrogen-bond acceptors (Lipinski definition) is 4. The van der Waals surface area contributed by atoms with Crippen molar-refractivity contribution in [3.05, 3.63) is 0 Å². The van der Waals surface area contributed by atoms with Crippen molar-refractivity contribution >= 4 is 0 Å². The summed E-state index contributed by atoms with van der Waals surface area (Å²) < 4.78 is 0. The van der Waals surface area contributed by atoms with E-state index in [4.69, 9.17) is 5.11 Å². The van der Waals surface area contributed by atoms with Crippen LogP contribution < -0.4 is 169 Å². The third-order valence-corrected chi connectivity index (χ3v) is 1.40. The van der Waals surface area contributed by atoms with Crippen LogP contribution in [0.1, 0.15) is 12.8 Å². The molecule has 0 aliphatic carbocycles. The zero-order valence-electron chi connectivity index (χ0n) is 8.71. The molecular weight excluding hydrogens is 253 g/mol. The minimum Gasteiger partial charge on any atom is -0.854 e. The standard InChI is InChI=1S/C6H11O4.3K/c7-3-1-6(10,5-9)2-4-8;;;/h10H,1-5H2;;;/q-3;3*+1. The SMILES string of the molecule is [K+].[K+].[K+].[O-]CCC(O)(C[O-])CC[O-]. The quantitative estimate of drug-likeness (QED) is 0.499. The maximum atomic E-state index is 10.2. The van der Waals surface area contributed by atoms with Crippen molar-refractivity contribution in [2.75, 3.05) is 19.8 Å². The first-order valence-corrected chi connectivity index (χ1v) is 3.15. The molecule has 1 N–H and O–H groups in total. The first-order valence-electron chi connectivity index (χ1n) is 3.15. The van der Waals surface area contributed by atoms with Crippen molar-refractivity contribution in [1.29, 1.82) is 0 Å². The van der Waals surface area contributed by atoms with Crippen molar-refractivity contribution in [3.8, 4) is 0 Å². The van der Waals surface area contributed by atoms with Gasteiger partial charge in [0.1, 0.15) is 0 Å². The number of rotatable bonds is 5. The molecule has 0 amide bonds. The Bertz CT molecular complexity index is 87.9. The van der Waals surface area contributed by atoms with E-state index in [1.807, 2.05) is 0 Å². The summed E-state index contributed by atoms with van der Waals surface area (Å²) in [5.41, 5.74) is -1.54. The molecule has 0 aliphatic rings. The van der Waals surface area contributed by atoms with Gasteiger partial charge in [0.2, 0.25) is 0 Å². The molecule has 0 aromatic carbocycles. The molecule has 0 radical (unpaired) electrons. The van der Waals surface area contributed by atoms with Crippen LogP contribution in [0.15, 0.2) is 0 Å². The van der Waals surface area contributed by atoms with Crippen LogP contribution in [0.5, 0.6) is 0 Å². The molecule has 0 aliphatic heterocycles. The van der Waals surface area contributed by atoms with Gasteiger partial charge in [-0.25, -0.2) is 0 Å². The Morgan fingerprint density at radius 1 is 0.846 bits per heavy atom. The Morgan fingerprint density at radius 2 is 1.15 bits per heavy atom. The minimum atomic E-state index is -1.54. The molecule has 0 unspecified atom stereocenters. The molecule has 0 aromatic rings. The summed E-state index contributed by atoms with van der Waals surface area (Å²) in [4.78, 5) is 0. The van der Waals surface area contributed by atoms with Gasteiger partial charge in [-0.3, -0.25) is 0 Å². The van der Waals surface area contributed by atoms with Crippen molar-refractivity contribution < 1.29 is 175 Å². The second-order valence-electron chi connectivity index (χ2n) is 2.28. The molecule has 7 heteroatoms. The monoisotopic (exact) mass is 264 g/mol. The van der Waals surface area contributed by atoms with Gasteiger partial charge in [0.05, 0.1) is 0 Å². The van der Waals surface area contributed by atoms with Crippen molar-refractivity contribution in [2.24, 2.45) is 0 Å². The zero-order valence-corrected chi connectivity index (χ0v) is 18.1. The molecule has 0 saturated carbocycles. The summed E-state index contributed by atoms with van der Waals surface area (Å²) >= 11 is 0. The van der Waals surface area contributed by atoms with Gasteiger partial charge in [-0.05, 0) is 12.8 Å². The van der Waals surface area contributed by atoms with Gasteiger partial charge in [0.25, 0.3) is 0 Å². The van der Waals surface area contributed by atoms with Crippen LogP contribution in [0.4, 0.5) is 0 Å². The molecule has 0 bridgehead atoms. The van der Waals surface area contributed by atoms with Gasteiger partial charge in [0, 0.05) is 5.60 Å². The Morgan fingerprint density at radius 3 is 1.31 bits per heavy atom. The first-order chi connectivity index (χ1) is 4.68. The molecule has 0 aromatic heterocycles. The predicted octanol–water partition coefficient (Wildman–Crippen LogP) is -12.4. The average molecular weight is 264 g/mol. The molecule has 0 saturated heterocycles. The Balaban J connectivity index is -0.000000135. The third kappa shape index (κ3) is 14.7. The van der Waals surface area contributed by atoms with E-state index in [0.717, 1.165) is 0 Å². The molecule has 0 heterocycles. The molecule has 0 atom stereocenters. The van der Waals surface area contributed by atoms with Crippen molar-refractivity contribution in [2.45, 2.75) is 18.4 Å². The molecule has 0 fully saturated rings. The fourth-order valence-corrected chi connectivity index (χ4v) is 0.649. The predicted molar refractivity (Wildman–Crippen MR) is 28.8 cm³/mol. The molecule has 13 heavy (non-hydrogen) atoms. The van der Waals surface area contributed by atoms with Crippen LogP contribution in [0.25, 0.3) is 0 Å². The maximum Gasteiger partial charge on any atom is 1.00 e. The van der Waals surface area contributed by atoms with Crippen LogP contribution in [0, 0.1) is 0 Å². The molecule has 62 valence electrons. The van der Waals surface area contributed by atoms with E-state index in [0.29, 0.717) is 0 Å². The Kier molecular flexibility index (Phi) is 33.9. The second kappa shape index (κ2) is 16.7. The van der Waals surface area contributed by atoms with Crippen molar-refractivity contribution in [1.82, 2.24) is 0 Å². The topological polar surface area (TPSA) is 89.4 Å². The van der Waals surface area contributed by atoms with E-state index in [1.54, 1.807) is 0 Å². The third-order valence-electron chi connectivity index (χ3n) is 1.40. The Hall–Kier alpha value is 4.75. The van der Waals surface area contributed by atoms with Gasteiger partial charge in [-0.1, -0.05) is 0 Å². The maximum absolute atomic E-state index is 10.2. The minimum absolute atomic E-state index is 0. The summed E-state index contributed by atoms with van der Waals surface area (Å²) in [6.07, 6.45) is -0.225. The van der Waals surface area contributed by atoms with Crippen LogP contribution in [-0.4, -0.2) is 30.5 Å². The van der Waals surface area contributed by atoms with E-state index in [-0.39, 0.29) is 167 Å². The molecule has 0 spiro atoms. The van der Waals surface area contributed by atoms with Crippen LogP contribution in [-0.2, 0) is 0 Å². The normalized spacial score (nSPS) is 9.23. The molecule has 0 rings (SSSR count). The molecular formula is C6H11K3O4. The van der Waals surface area contributed by atoms with E-state index >= 15 is 0 Å². The summed E-state index contributed by atoms with van der Waals surface area (Å²) in [5.74, 6) is 0. The van der Waals surface area contributed by atoms with E-state index in [1.165, 1.54) is 0 Å². The van der Waals surface area contributed by atoms with Gasteiger partial charge in [-0.2, -0.15) is 0 Å². The smallest absolute Gasteiger partial charge is 0.854 e.